The molecule has 2 aromatic heterocycles. The highest BCUT2D eigenvalue weighted by molar-refractivity contribution is 6.04. The number of amides is 1. The van der Waals surface area contributed by atoms with Crippen LogP contribution in [0.15, 0.2) is 36.8 Å². The van der Waals surface area contributed by atoms with Gasteiger partial charge in [-0.1, -0.05) is 6.07 Å². The minimum Gasteiger partial charge on any atom is -0.347 e. The molecular formula is C22H24N6O. The Kier molecular flexibility index (Phi) is 4.19. The molecule has 0 N–H and O–H groups in total. The van der Waals surface area contributed by atoms with Crippen LogP contribution in [-0.2, 0) is 11.8 Å². The lowest BCUT2D eigenvalue weighted by molar-refractivity contribution is 0.0635. The van der Waals surface area contributed by atoms with Gasteiger partial charge in [-0.25, -0.2) is 9.97 Å². The van der Waals surface area contributed by atoms with Crippen LogP contribution in [0.5, 0.6) is 0 Å². The van der Waals surface area contributed by atoms with Gasteiger partial charge in [0.15, 0.2) is 0 Å². The van der Waals surface area contributed by atoms with Crippen LogP contribution in [0.4, 0.5) is 5.95 Å². The standard InChI is InChI=1S/C22H24N6O/c1-27(2)21-25-13-15-7-9-22(19(15)26-21)8-4-12-28(14-22)20(29)16-5-3-6-17-18(16)24-11-10-23-17/h3,5-6,10-11,13H,4,7-9,12,14H2,1-2H3. The van der Waals surface area contributed by atoms with Gasteiger partial charge in [0.05, 0.1) is 16.8 Å². The number of hydrogen-bond acceptors (Lipinski definition) is 6. The maximum Gasteiger partial charge on any atom is 0.256 e. The van der Waals surface area contributed by atoms with Gasteiger partial charge in [-0.2, -0.15) is 0 Å². The number of nitrogens with zero attached hydrogens (tertiary/aromatic N) is 6. The lowest BCUT2D eigenvalue weighted by atomic mass is 9.77. The van der Waals surface area contributed by atoms with Gasteiger partial charge in [-0.3, -0.25) is 14.8 Å². The van der Waals surface area contributed by atoms with Crippen molar-refractivity contribution in [2.45, 2.75) is 31.1 Å². The fourth-order valence-corrected chi connectivity index (χ4v) is 4.79. The predicted molar refractivity (Wildman–Crippen MR) is 111 cm³/mol. The van der Waals surface area contributed by atoms with Crippen molar-refractivity contribution >= 4 is 22.9 Å². The molecule has 1 saturated heterocycles. The van der Waals surface area contributed by atoms with E-state index >= 15 is 0 Å². The lowest BCUT2D eigenvalue weighted by Crippen LogP contribution is -2.48. The molecule has 1 unspecified atom stereocenters. The van der Waals surface area contributed by atoms with Crippen molar-refractivity contribution in [2.75, 3.05) is 32.1 Å². The number of hydrogen-bond donors (Lipinski definition) is 0. The maximum atomic E-state index is 13.5. The van der Waals surface area contributed by atoms with Gasteiger partial charge < -0.3 is 9.80 Å². The van der Waals surface area contributed by atoms with E-state index in [9.17, 15) is 4.79 Å². The van der Waals surface area contributed by atoms with Crippen molar-refractivity contribution in [1.82, 2.24) is 24.8 Å². The Hall–Kier alpha value is -3.09. The zero-order chi connectivity index (χ0) is 20.0. The highest BCUT2D eigenvalue weighted by Crippen LogP contribution is 2.44. The van der Waals surface area contributed by atoms with E-state index in [2.05, 4.69) is 15.0 Å². The molecule has 5 rings (SSSR count). The number of likely N-dealkylation sites (tertiary alicyclic amines) is 1. The van der Waals surface area contributed by atoms with E-state index in [4.69, 9.17) is 4.98 Å². The van der Waals surface area contributed by atoms with E-state index in [0.717, 1.165) is 49.4 Å². The van der Waals surface area contributed by atoms with Gasteiger partial charge in [-0.15, -0.1) is 0 Å². The topological polar surface area (TPSA) is 75.1 Å². The third-order valence-corrected chi connectivity index (χ3v) is 6.22. The van der Waals surface area contributed by atoms with E-state index < -0.39 is 0 Å². The van der Waals surface area contributed by atoms with Crippen molar-refractivity contribution < 1.29 is 4.79 Å². The summed E-state index contributed by atoms with van der Waals surface area (Å²) in [4.78, 5) is 35.5. The first-order chi connectivity index (χ1) is 14.1. The highest BCUT2D eigenvalue weighted by Gasteiger charge is 2.45. The molecule has 1 atom stereocenters. The summed E-state index contributed by atoms with van der Waals surface area (Å²) < 4.78 is 0. The fourth-order valence-electron chi connectivity index (χ4n) is 4.79. The van der Waals surface area contributed by atoms with Gasteiger partial charge in [-0.05, 0) is 43.4 Å². The summed E-state index contributed by atoms with van der Waals surface area (Å²) in [6.07, 6.45) is 9.30. The number of fused-ring (bicyclic) bond motifs is 3. The van der Waals surface area contributed by atoms with Gasteiger partial charge in [0.2, 0.25) is 5.95 Å². The second kappa shape index (κ2) is 6.76. The smallest absolute Gasteiger partial charge is 0.256 e. The molecule has 0 radical (unpaired) electrons. The van der Waals surface area contributed by atoms with Crippen molar-refractivity contribution in [3.8, 4) is 0 Å². The number of para-hydroxylation sites is 1. The zero-order valence-corrected chi connectivity index (χ0v) is 16.8. The Morgan fingerprint density at radius 2 is 2.00 bits per heavy atom. The largest absolute Gasteiger partial charge is 0.347 e. The number of aryl methyl sites for hydroxylation is 1. The molecule has 29 heavy (non-hydrogen) atoms. The third kappa shape index (κ3) is 2.92. The van der Waals surface area contributed by atoms with Crippen molar-refractivity contribution in [3.63, 3.8) is 0 Å². The molecule has 0 saturated carbocycles. The summed E-state index contributed by atoms with van der Waals surface area (Å²) in [7, 11) is 3.92. The van der Waals surface area contributed by atoms with Gasteiger partial charge in [0.25, 0.3) is 5.91 Å². The lowest BCUT2D eigenvalue weighted by Gasteiger charge is -2.40. The minimum absolute atomic E-state index is 0.0329. The molecule has 148 valence electrons. The van der Waals surface area contributed by atoms with E-state index in [1.54, 1.807) is 12.4 Å². The molecule has 7 heteroatoms. The van der Waals surface area contributed by atoms with Crippen LogP contribution in [0.25, 0.3) is 11.0 Å². The van der Waals surface area contributed by atoms with Gasteiger partial charge in [0, 0.05) is 51.2 Å². The zero-order valence-electron chi connectivity index (χ0n) is 16.8. The normalized spacial score (nSPS) is 20.8. The van der Waals surface area contributed by atoms with Crippen LogP contribution >= 0.6 is 0 Å². The Labute approximate surface area is 169 Å². The van der Waals surface area contributed by atoms with Gasteiger partial charge in [0.1, 0.15) is 5.52 Å². The second-order valence-corrected chi connectivity index (χ2v) is 8.28. The Bertz CT molecular complexity index is 1090. The third-order valence-electron chi connectivity index (χ3n) is 6.22. The van der Waals surface area contributed by atoms with Crippen LogP contribution in [0.1, 0.15) is 40.9 Å². The first-order valence-electron chi connectivity index (χ1n) is 10.1. The molecule has 1 aromatic carbocycles. The van der Waals surface area contributed by atoms with Crippen LogP contribution in [0.2, 0.25) is 0 Å². The Morgan fingerprint density at radius 3 is 2.86 bits per heavy atom. The second-order valence-electron chi connectivity index (χ2n) is 8.28. The summed E-state index contributed by atoms with van der Waals surface area (Å²) in [5, 5.41) is 0. The van der Waals surface area contributed by atoms with Crippen LogP contribution in [0, 0.1) is 0 Å². The molecular weight excluding hydrogens is 364 g/mol. The molecule has 1 fully saturated rings. The summed E-state index contributed by atoms with van der Waals surface area (Å²) in [6, 6.07) is 5.63. The van der Waals surface area contributed by atoms with Gasteiger partial charge >= 0.3 is 0 Å². The number of carbonyl (C=O) groups excluding carboxylic acids is 1. The van der Waals surface area contributed by atoms with Crippen LogP contribution in [0.3, 0.4) is 0 Å². The molecule has 3 heterocycles. The molecule has 2 aliphatic rings. The quantitative estimate of drug-likeness (QED) is 0.672. The first-order valence-corrected chi connectivity index (χ1v) is 10.1. The van der Waals surface area contributed by atoms with E-state index in [1.165, 1.54) is 5.56 Å². The highest BCUT2D eigenvalue weighted by atomic mass is 16.2. The summed E-state index contributed by atoms with van der Waals surface area (Å²) >= 11 is 0. The number of aromatic nitrogens is 4. The fraction of sp³-hybridized carbons (Fsp3) is 0.409. The Balaban J connectivity index is 1.49. The molecule has 0 bridgehead atoms. The van der Waals surface area contributed by atoms with Crippen LogP contribution < -0.4 is 4.90 Å². The van der Waals surface area contributed by atoms with Crippen molar-refractivity contribution in [1.29, 1.82) is 0 Å². The average molecular weight is 388 g/mol. The summed E-state index contributed by atoms with van der Waals surface area (Å²) in [6.45, 7) is 1.46. The average Bonchev–Trinajstić information content (AvgIpc) is 3.10. The monoisotopic (exact) mass is 388 g/mol. The minimum atomic E-state index is -0.0762. The molecule has 3 aromatic rings. The van der Waals surface area contributed by atoms with Crippen LogP contribution in [-0.4, -0.2) is 57.9 Å². The summed E-state index contributed by atoms with van der Waals surface area (Å²) in [5.74, 6) is 0.767. The molecule has 1 aliphatic carbocycles. The first kappa shape index (κ1) is 18.0. The molecule has 1 amide bonds. The number of rotatable bonds is 2. The Morgan fingerprint density at radius 1 is 1.14 bits per heavy atom. The predicted octanol–water partition coefficient (Wildman–Crippen LogP) is 2.61. The maximum absolute atomic E-state index is 13.5. The van der Waals surface area contributed by atoms with E-state index in [0.29, 0.717) is 17.6 Å². The SMILES string of the molecule is CN(C)c1ncc2c(n1)C1(CCCN(C(=O)c3cccc4nccnc34)C1)CC2. The van der Waals surface area contributed by atoms with Crippen molar-refractivity contribution in [3.05, 3.63) is 53.6 Å². The number of benzene rings is 1. The van der Waals surface area contributed by atoms with E-state index in [-0.39, 0.29) is 11.3 Å². The van der Waals surface area contributed by atoms with E-state index in [1.807, 2.05) is 48.3 Å². The molecule has 7 nitrogen and oxygen atoms in total. The van der Waals surface area contributed by atoms with Crippen molar-refractivity contribution in [2.24, 2.45) is 0 Å². The number of carbonyl (C=O) groups is 1. The summed E-state index contributed by atoms with van der Waals surface area (Å²) in [5.41, 5.74) is 4.32. The molecule has 1 spiro atoms. The number of anilines is 1. The number of piperidine rings is 1. The molecule has 1 aliphatic heterocycles.